The highest BCUT2D eigenvalue weighted by Crippen LogP contribution is 2.30. The summed E-state index contributed by atoms with van der Waals surface area (Å²) in [5.41, 5.74) is 2.59. The van der Waals surface area contributed by atoms with Crippen LogP contribution in [0, 0.1) is 5.92 Å². The van der Waals surface area contributed by atoms with Gasteiger partial charge in [0, 0.05) is 47.4 Å². The van der Waals surface area contributed by atoms with Gasteiger partial charge in [0.25, 0.3) is 5.91 Å². The third-order valence-electron chi connectivity index (χ3n) is 9.25. The fraction of sp³-hybridized carbons (Fsp3) is 0.452. The predicted molar refractivity (Wildman–Crippen MR) is 214 cm³/mol. The topological polar surface area (TPSA) is 137 Å². The number of carbonyl (C=O) groups excluding carboxylic acids is 3. The second kappa shape index (κ2) is 19.1. The highest BCUT2D eigenvalue weighted by atomic mass is 32.2. The summed E-state index contributed by atoms with van der Waals surface area (Å²) in [4.78, 5) is 51.9. The molecule has 0 saturated carbocycles. The Balaban J connectivity index is 0.00000627. The summed E-state index contributed by atoms with van der Waals surface area (Å²) in [6.45, 7) is 10.5. The van der Waals surface area contributed by atoms with E-state index in [0.717, 1.165) is 28.7 Å². The lowest BCUT2D eigenvalue weighted by molar-refractivity contribution is -0.130. The number of thioether (sulfide) groups is 1. The molecule has 4 unspecified atom stereocenters. The molecule has 0 radical (unpaired) electrons. The average molecular weight is 741 g/mol. The van der Waals surface area contributed by atoms with Crippen LogP contribution < -0.4 is 16.0 Å². The van der Waals surface area contributed by atoms with E-state index in [1.807, 2.05) is 119 Å². The van der Waals surface area contributed by atoms with Gasteiger partial charge in [0.05, 0.1) is 23.7 Å². The lowest BCUT2D eigenvalue weighted by Gasteiger charge is -2.41. The van der Waals surface area contributed by atoms with Gasteiger partial charge in [0.15, 0.2) is 0 Å². The Labute approximate surface area is 319 Å². The quantitative estimate of drug-likeness (QED) is 0.128. The lowest BCUT2D eigenvalue weighted by Crippen LogP contribution is -2.60. The number of nitrogens with one attached hydrogen (secondary N) is 3. The zero-order valence-corrected chi connectivity index (χ0v) is 31.6. The first kappa shape index (κ1) is 41.4. The van der Waals surface area contributed by atoms with Crippen LogP contribution in [0.25, 0.3) is 10.9 Å². The number of nitrogens with zero attached hydrogens (tertiary/aromatic N) is 3. The average Bonchev–Trinajstić information content (AvgIpc) is 3.12. The number of fused-ring (bicyclic) bond motifs is 1. The minimum Gasteiger partial charge on any atom is -0.390 e. The molecule has 2 aromatic carbocycles. The molecule has 5 atom stereocenters. The summed E-state index contributed by atoms with van der Waals surface area (Å²) >= 11 is 1.83. The Morgan fingerprint density at radius 2 is 1.66 bits per heavy atom. The standard InChI is InChI=1S/C41H52N6O4S.CH4/c1-27(2)37(45-38(49)33-18-17-30-15-9-10-16-32(30)43-33)40(51)44-34(22-28-12-7-6-8-13-28)36(48)25-47-21-19-31(52-26-29-14-11-20-42-24-29)23-35(47)39(50)46-41(3,4)5;/h6-18,20,24,27,31,34-37,48H,19,21-23,25-26H2,1-5H3,(H,44,51)(H,45,49)(H,46,50);1H4/t31?,34?,35?,36?,37-;/m0./s1. The van der Waals surface area contributed by atoms with E-state index in [0.29, 0.717) is 24.9 Å². The van der Waals surface area contributed by atoms with E-state index in [-0.39, 0.29) is 36.7 Å². The summed E-state index contributed by atoms with van der Waals surface area (Å²) < 4.78 is 0. The minimum atomic E-state index is -1.00. The number of rotatable bonds is 14. The van der Waals surface area contributed by atoms with E-state index in [9.17, 15) is 19.5 Å². The van der Waals surface area contributed by atoms with Gasteiger partial charge in [-0.05, 0) is 75.3 Å². The molecule has 284 valence electrons. The molecule has 1 saturated heterocycles. The predicted octanol–water partition coefficient (Wildman–Crippen LogP) is 5.79. The number of β-amino-alcohol motifs (C(OH)–C–C–N with tert-alkyl or cyclic N) is 1. The van der Waals surface area contributed by atoms with E-state index >= 15 is 0 Å². The molecule has 0 aliphatic carbocycles. The zero-order chi connectivity index (χ0) is 37.3. The molecule has 1 fully saturated rings. The van der Waals surface area contributed by atoms with E-state index in [2.05, 4.69) is 36.9 Å². The molecule has 53 heavy (non-hydrogen) atoms. The molecule has 4 N–H and O–H groups in total. The molecular formula is C42H56N6O4S. The zero-order valence-electron chi connectivity index (χ0n) is 30.8. The van der Waals surface area contributed by atoms with Crippen LogP contribution in [0.4, 0.5) is 0 Å². The maximum Gasteiger partial charge on any atom is 0.270 e. The smallest absolute Gasteiger partial charge is 0.270 e. The maximum absolute atomic E-state index is 14.0. The molecule has 0 bridgehead atoms. The molecule has 2 aromatic heterocycles. The number of hydrogen-bond acceptors (Lipinski definition) is 8. The van der Waals surface area contributed by atoms with Crippen LogP contribution in [0.5, 0.6) is 0 Å². The van der Waals surface area contributed by atoms with Gasteiger partial charge in [-0.2, -0.15) is 11.8 Å². The molecule has 1 aliphatic rings. The molecular weight excluding hydrogens is 685 g/mol. The van der Waals surface area contributed by atoms with E-state index in [1.54, 1.807) is 12.3 Å². The number of pyridine rings is 2. The minimum absolute atomic E-state index is 0. The fourth-order valence-corrected chi connectivity index (χ4v) is 7.70. The molecule has 1 aliphatic heterocycles. The third kappa shape index (κ3) is 12.1. The highest BCUT2D eigenvalue weighted by molar-refractivity contribution is 7.99. The molecule has 3 amide bonds. The van der Waals surface area contributed by atoms with Gasteiger partial charge in [-0.15, -0.1) is 0 Å². The number of hydrogen-bond donors (Lipinski definition) is 4. The summed E-state index contributed by atoms with van der Waals surface area (Å²) in [5, 5.41) is 22.2. The Kier molecular flexibility index (Phi) is 15.0. The number of likely N-dealkylation sites (tertiary alicyclic amines) is 1. The molecule has 11 heteroatoms. The number of carbonyl (C=O) groups is 3. The van der Waals surface area contributed by atoms with Crippen molar-refractivity contribution in [3.8, 4) is 0 Å². The van der Waals surface area contributed by atoms with Crippen molar-refractivity contribution in [3.05, 3.63) is 108 Å². The second-order valence-electron chi connectivity index (χ2n) is 15.0. The van der Waals surface area contributed by atoms with Gasteiger partial charge in [-0.1, -0.05) is 81.9 Å². The first-order valence-corrected chi connectivity index (χ1v) is 19.2. The van der Waals surface area contributed by atoms with Gasteiger partial charge in [0.1, 0.15) is 11.7 Å². The van der Waals surface area contributed by atoms with Crippen molar-refractivity contribution < 1.29 is 19.5 Å². The van der Waals surface area contributed by atoms with Gasteiger partial charge in [-0.25, -0.2) is 4.98 Å². The normalized spacial score (nSPS) is 18.0. The Morgan fingerprint density at radius 1 is 0.943 bits per heavy atom. The number of amides is 3. The molecule has 10 nitrogen and oxygen atoms in total. The van der Waals surface area contributed by atoms with Crippen LogP contribution in [0.3, 0.4) is 0 Å². The number of aromatic nitrogens is 2. The molecule has 3 heterocycles. The van der Waals surface area contributed by atoms with E-state index in [1.165, 1.54) is 0 Å². The number of aliphatic hydroxyl groups excluding tert-OH is 1. The van der Waals surface area contributed by atoms with Gasteiger partial charge >= 0.3 is 0 Å². The van der Waals surface area contributed by atoms with E-state index < -0.39 is 41.6 Å². The summed E-state index contributed by atoms with van der Waals surface area (Å²) in [5.74, 6) is -0.342. The summed E-state index contributed by atoms with van der Waals surface area (Å²) in [6.07, 6.45) is 4.50. The summed E-state index contributed by atoms with van der Waals surface area (Å²) in [6, 6.07) is 22.7. The lowest BCUT2D eigenvalue weighted by atomic mass is 9.95. The fourth-order valence-electron chi connectivity index (χ4n) is 6.51. The van der Waals surface area contributed by atoms with Gasteiger partial charge in [-0.3, -0.25) is 24.3 Å². The van der Waals surface area contributed by atoms with Crippen molar-refractivity contribution in [1.82, 2.24) is 30.8 Å². The van der Waals surface area contributed by atoms with Crippen molar-refractivity contribution in [2.75, 3.05) is 13.1 Å². The van der Waals surface area contributed by atoms with Crippen molar-refractivity contribution in [2.24, 2.45) is 5.92 Å². The Hall–Kier alpha value is -4.32. The molecule has 5 rings (SSSR count). The van der Waals surface area contributed by atoms with Crippen LogP contribution >= 0.6 is 11.8 Å². The van der Waals surface area contributed by atoms with Crippen LogP contribution in [-0.4, -0.2) is 85.8 Å². The number of benzene rings is 2. The largest absolute Gasteiger partial charge is 0.390 e. The van der Waals surface area contributed by atoms with Crippen molar-refractivity contribution >= 4 is 40.4 Å². The monoisotopic (exact) mass is 740 g/mol. The molecule has 4 aromatic rings. The van der Waals surface area contributed by atoms with E-state index in [4.69, 9.17) is 0 Å². The van der Waals surface area contributed by atoms with Gasteiger partial charge < -0.3 is 21.1 Å². The van der Waals surface area contributed by atoms with Gasteiger partial charge in [0.2, 0.25) is 11.8 Å². The first-order valence-electron chi connectivity index (χ1n) is 18.1. The molecule has 0 spiro atoms. The van der Waals surface area contributed by atoms with Crippen LogP contribution in [0.15, 0.2) is 91.3 Å². The Bertz CT molecular complexity index is 1780. The highest BCUT2D eigenvalue weighted by Gasteiger charge is 2.38. The van der Waals surface area contributed by atoms with Crippen molar-refractivity contribution in [2.45, 2.75) is 102 Å². The van der Waals surface area contributed by atoms with Crippen molar-refractivity contribution in [3.63, 3.8) is 0 Å². The van der Waals surface area contributed by atoms with Crippen LogP contribution in [0.1, 0.15) is 76.5 Å². The van der Waals surface area contributed by atoms with Crippen molar-refractivity contribution in [1.29, 1.82) is 0 Å². The van der Waals surface area contributed by atoms with Crippen LogP contribution in [0.2, 0.25) is 0 Å². The SMILES string of the molecule is C.CC(C)[C@H](NC(=O)c1ccc2ccccc2n1)C(=O)NC(Cc1ccccc1)C(O)CN1CCC(SCc2cccnc2)CC1C(=O)NC(C)(C)C. The number of para-hydroxylation sites is 1. The third-order valence-corrected chi connectivity index (χ3v) is 10.7. The maximum atomic E-state index is 14.0. The second-order valence-corrected chi connectivity index (χ2v) is 16.3. The number of aliphatic hydroxyl groups is 1. The summed E-state index contributed by atoms with van der Waals surface area (Å²) in [7, 11) is 0. The van der Waals surface area contributed by atoms with Crippen LogP contribution in [-0.2, 0) is 21.8 Å². The number of piperidine rings is 1. The Morgan fingerprint density at radius 3 is 2.36 bits per heavy atom. The first-order chi connectivity index (χ1) is 24.9.